The summed E-state index contributed by atoms with van der Waals surface area (Å²) in [5, 5.41) is 3.03. The number of alkyl halides is 3. The molecule has 0 amide bonds. The Balaban J connectivity index is 1.39. The highest BCUT2D eigenvalue weighted by Gasteiger charge is 2.31. The second-order valence-corrected chi connectivity index (χ2v) is 14.3. The number of halogens is 5. The van der Waals surface area contributed by atoms with Gasteiger partial charge in [0.1, 0.15) is 12.2 Å². The van der Waals surface area contributed by atoms with Gasteiger partial charge in [0.15, 0.2) is 0 Å². The molecule has 1 N–H and O–H groups in total. The quantitative estimate of drug-likeness (QED) is 0.173. The maximum absolute atomic E-state index is 13.8. The van der Waals surface area contributed by atoms with Crippen molar-refractivity contribution >= 4 is 61.3 Å². The van der Waals surface area contributed by atoms with Gasteiger partial charge in [-0.05, 0) is 72.7 Å². The lowest BCUT2D eigenvalue weighted by molar-refractivity contribution is -0.140. The monoisotopic (exact) mass is 685 g/mol. The van der Waals surface area contributed by atoms with Crippen LogP contribution in [0.25, 0.3) is 22.2 Å². The van der Waals surface area contributed by atoms with Crippen molar-refractivity contribution in [1.29, 1.82) is 0 Å². The first-order valence-corrected chi connectivity index (χ1v) is 17.0. The molecule has 0 radical (unpaired) electrons. The number of aromatic nitrogens is 4. The molecule has 2 aromatic carbocycles. The van der Waals surface area contributed by atoms with Crippen molar-refractivity contribution < 1.29 is 17.4 Å². The highest BCUT2D eigenvalue weighted by Crippen LogP contribution is 2.38. The van der Waals surface area contributed by atoms with Crippen LogP contribution in [0.4, 0.5) is 24.8 Å². The lowest BCUT2D eigenvalue weighted by atomic mass is 9.84. The van der Waals surface area contributed by atoms with Crippen molar-refractivity contribution in [3.8, 4) is 11.1 Å². The number of hydrogen-bond donors (Lipinski definition) is 1. The number of hydrogen-bond acceptors (Lipinski definition) is 6. The first-order valence-electron chi connectivity index (χ1n) is 14.5. The Morgan fingerprint density at radius 3 is 2.24 bits per heavy atom. The van der Waals surface area contributed by atoms with E-state index in [0.29, 0.717) is 21.1 Å². The van der Waals surface area contributed by atoms with Gasteiger partial charge in [0.2, 0.25) is 5.95 Å². The molecule has 3 heterocycles. The molecule has 3 aromatic heterocycles. The number of benzene rings is 2. The van der Waals surface area contributed by atoms with Crippen LogP contribution in [0.15, 0.2) is 87.8 Å². The number of pyridine rings is 2. The molecule has 13 heteroatoms. The third kappa shape index (κ3) is 6.63. The Bertz CT molecular complexity index is 2060. The predicted octanol–water partition coefficient (Wildman–Crippen LogP) is 8.65. The predicted molar refractivity (Wildman–Crippen MR) is 177 cm³/mol. The molecule has 5 aromatic rings. The van der Waals surface area contributed by atoms with Gasteiger partial charge in [-0.15, -0.1) is 0 Å². The molecule has 0 spiro atoms. The fraction of sp³-hybridized carbons (Fsp3) is 0.242. The van der Waals surface area contributed by atoms with E-state index in [0.717, 1.165) is 12.8 Å². The van der Waals surface area contributed by atoms with Gasteiger partial charge >= 0.3 is 6.18 Å². The van der Waals surface area contributed by atoms with Crippen molar-refractivity contribution in [2.45, 2.75) is 60.5 Å². The van der Waals surface area contributed by atoms with Gasteiger partial charge in [0.05, 0.1) is 15.6 Å². The summed E-state index contributed by atoms with van der Waals surface area (Å²) in [7, 11) is -3.07. The smallest absolute Gasteiger partial charge is 0.324 e. The lowest BCUT2D eigenvalue weighted by Crippen LogP contribution is -2.30. The maximum atomic E-state index is 13.8. The summed E-state index contributed by atoms with van der Waals surface area (Å²) in [6.07, 6.45) is 5.51. The molecule has 1 fully saturated rings. The van der Waals surface area contributed by atoms with E-state index >= 15 is 0 Å². The van der Waals surface area contributed by atoms with E-state index in [-0.39, 0.29) is 43.0 Å². The molecule has 1 aliphatic rings. The van der Waals surface area contributed by atoms with E-state index in [2.05, 4.69) is 26.1 Å². The second-order valence-electron chi connectivity index (χ2n) is 11.2. The van der Waals surface area contributed by atoms with Crippen LogP contribution in [0, 0.1) is 0 Å². The molecule has 1 atom stereocenters. The number of nitrogens with one attached hydrogen (secondary N) is 1. The van der Waals surface area contributed by atoms with E-state index in [1.807, 2.05) is 24.3 Å². The summed E-state index contributed by atoms with van der Waals surface area (Å²) >= 11 is 13.2. The number of fused-ring (bicyclic) bond motifs is 1. The summed E-state index contributed by atoms with van der Waals surface area (Å²) in [4.78, 5) is 26.8. The highest BCUT2D eigenvalue weighted by molar-refractivity contribution is 8.00. The Morgan fingerprint density at radius 2 is 1.61 bits per heavy atom. The van der Waals surface area contributed by atoms with Crippen LogP contribution in [0.5, 0.6) is 0 Å². The van der Waals surface area contributed by atoms with Crippen molar-refractivity contribution in [3.63, 3.8) is 0 Å². The molecule has 1 saturated carbocycles. The first-order chi connectivity index (χ1) is 21.9. The Labute approximate surface area is 273 Å². The first kappa shape index (κ1) is 32.0. The van der Waals surface area contributed by atoms with Crippen molar-refractivity contribution in [1.82, 2.24) is 19.5 Å². The van der Waals surface area contributed by atoms with E-state index < -0.39 is 27.8 Å². The highest BCUT2D eigenvalue weighted by atomic mass is 35.5. The van der Waals surface area contributed by atoms with Gasteiger partial charge in [0, 0.05) is 54.5 Å². The molecule has 1 aliphatic carbocycles. The summed E-state index contributed by atoms with van der Waals surface area (Å²) in [6, 6.07) is 15.0. The third-order valence-electron chi connectivity index (χ3n) is 8.10. The lowest BCUT2D eigenvalue weighted by Gasteiger charge is -2.22. The SMILES string of the molecule is C=S(=O)(c1ccncc1)c1cc(Cl)c(-c2cc3cnc(Nc4ccc(C5CCCCC5)cc4)nc3n(CC(F)(F)F)c2=O)c(Cl)c1. The minimum absolute atomic E-state index is 0.0138. The third-order valence-corrected chi connectivity index (χ3v) is 10.7. The van der Waals surface area contributed by atoms with Crippen LogP contribution in [0.2, 0.25) is 10.0 Å². The fourth-order valence-electron chi connectivity index (χ4n) is 5.82. The van der Waals surface area contributed by atoms with Gasteiger partial charge in [0.25, 0.3) is 5.56 Å². The average molecular weight is 687 g/mol. The van der Waals surface area contributed by atoms with Crippen LogP contribution in [-0.4, -0.2) is 35.8 Å². The van der Waals surface area contributed by atoms with Crippen LogP contribution in [0.1, 0.15) is 43.6 Å². The van der Waals surface area contributed by atoms with Crippen molar-refractivity contribution in [2.75, 3.05) is 5.32 Å². The molecular formula is C33H28Cl2F3N5O2S. The van der Waals surface area contributed by atoms with Crippen LogP contribution in [0.3, 0.4) is 0 Å². The van der Waals surface area contributed by atoms with E-state index in [1.165, 1.54) is 61.6 Å². The van der Waals surface area contributed by atoms with Crippen LogP contribution in [-0.2, 0) is 16.1 Å². The van der Waals surface area contributed by atoms with E-state index in [4.69, 9.17) is 23.2 Å². The standard InChI is InChI=1S/C33H28Cl2F3N5O2S/c1-46(45,24-11-13-39-14-12-24)25-16-27(34)29(28(35)17-25)26-15-22-18-40-32(42-30(22)43(31(26)44)19-33(36,37)38)41-23-9-7-21(8-10-23)20-5-3-2-4-6-20/h7-18,20H,1-6,19H2,(H,40,41,42). The summed E-state index contributed by atoms with van der Waals surface area (Å²) in [6.45, 7) is -1.61. The second kappa shape index (κ2) is 12.7. The average Bonchev–Trinajstić information content (AvgIpc) is 3.03. The number of anilines is 2. The largest absolute Gasteiger partial charge is 0.406 e. The van der Waals surface area contributed by atoms with Gasteiger partial charge in [-0.1, -0.05) is 54.6 Å². The molecule has 1 unspecified atom stereocenters. The van der Waals surface area contributed by atoms with Crippen LogP contribution < -0.4 is 10.9 Å². The minimum Gasteiger partial charge on any atom is -0.324 e. The molecule has 0 aliphatic heterocycles. The normalized spacial score (nSPS) is 15.5. The molecule has 238 valence electrons. The Kier molecular flexibility index (Phi) is 8.84. The van der Waals surface area contributed by atoms with E-state index in [1.54, 1.807) is 12.1 Å². The molecule has 7 nitrogen and oxygen atoms in total. The molecule has 0 bridgehead atoms. The zero-order valence-corrected chi connectivity index (χ0v) is 26.7. The summed E-state index contributed by atoms with van der Waals surface area (Å²) in [5.41, 5.74) is 0.474. The maximum Gasteiger partial charge on any atom is 0.406 e. The van der Waals surface area contributed by atoms with Crippen LogP contribution >= 0.6 is 23.2 Å². The van der Waals surface area contributed by atoms with Gasteiger partial charge in [-0.2, -0.15) is 18.2 Å². The van der Waals surface area contributed by atoms with Crippen molar-refractivity contribution in [2.24, 2.45) is 0 Å². The molecule has 0 saturated heterocycles. The number of rotatable bonds is 7. The zero-order chi connectivity index (χ0) is 32.6. The van der Waals surface area contributed by atoms with Crippen molar-refractivity contribution in [3.05, 3.63) is 99.2 Å². The summed E-state index contributed by atoms with van der Waals surface area (Å²) in [5.74, 6) is 4.39. The zero-order valence-electron chi connectivity index (χ0n) is 24.4. The van der Waals surface area contributed by atoms with E-state index in [9.17, 15) is 22.2 Å². The Morgan fingerprint density at radius 1 is 0.957 bits per heavy atom. The topological polar surface area (TPSA) is 89.8 Å². The molecule has 46 heavy (non-hydrogen) atoms. The van der Waals surface area contributed by atoms with Gasteiger partial charge in [-0.25, -0.2) is 4.98 Å². The molecular weight excluding hydrogens is 658 g/mol. The fourth-order valence-corrected chi connectivity index (χ4v) is 8.09. The molecule has 6 rings (SSSR count). The summed E-state index contributed by atoms with van der Waals surface area (Å²) < 4.78 is 55.5. The Hall–Kier alpha value is -3.93. The number of nitrogens with zero attached hydrogens (tertiary/aromatic N) is 4. The van der Waals surface area contributed by atoms with Gasteiger partial charge < -0.3 is 5.32 Å². The minimum atomic E-state index is -4.75. The van der Waals surface area contributed by atoms with Gasteiger partial charge in [-0.3, -0.25) is 18.6 Å².